The van der Waals surface area contributed by atoms with Crippen LogP contribution in [0.3, 0.4) is 0 Å². The van der Waals surface area contributed by atoms with E-state index in [1.807, 2.05) is 0 Å². The minimum atomic E-state index is 0.648. The summed E-state index contributed by atoms with van der Waals surface area (Å²) in [5, 5.41) is 0. The molecule has 4 heteroatoms. The van der Waals surface area contributed by atoms with Crippen molar-refractivity contribution in [1.29, 1.82) is 0 Å². The molecule has 4 nitrogen and oxygen atoms in total. The molecule has 0 saturated carbocycles. The zero-order valence-electron chi connectivity index (χ0n) is 55.5. The lowest BCUT2D eigenvalue weighted by molar-refractivity contribution is 0.179. The molecule has 0 aromatic heterocycles. The van der Waals surface area contributed by atoms with Gasteiger partial charge in [0.05, 0.1) is 12.4 Å². The third-order valence-corrected chi connectivity index (χ3v) is 17.9. The summed E-state index contributed by atoms with van der Waals surface area (Å²) in [5.74, 6) is 3.82. The van der Waals surface area contributed by atoms with Crippen molar-refractivity contribution in [3.63, 3.8) is 0 Å². The molecule has 0 N–H and O–H groups in total. The molecule has 79 heavy (non-hydrogen) atoms. The van der Waals surface area contributed by atoms with Crippen molar-refractivity contribution < 1.29 is 4.74 Å². The van der Waals surface area contributed by atoms with Crippen molar-refractivity contribution in [3.8, 4) is 0 Å². The van der Waals surface area contributed by atoms with Crippen LogP contribution in [-0.2, 0) is 4.74 Å². The van der Waals surface area contributed by atoms with Crippen molar-refractivity contribution in [2.75, 3.05) is 66.0 Å². The van der Waals surface area contributed by atoms with E-state index in [-0.39, 0.29) is 0 Å². The number of rotatable bonds is 62. The van der Waals surface area contributed by atoms with Gasteiger partial charge < -0.3 is 19.4 Å². The maximum atomic E-state index is 6.23. The highest BCUT2D eigenvalue weighted by molar-refractivity contribution is 5.01. The molecule has 0 spiro atoms. The molecule has 4 atom stereocenters. The maximum Gasteiger partial charge on any atom is 0.0900 e. The van der Waals surface area contributed by atoms with E-state index >= 15 is 0 Å². The van der Waals surface area contributed by atoms with Gasteiger partial charge in [0.2, 0.25) is 0 Å². The first kappa shape index (κ1) is 76.9. The minimum Gasteiger partial charge on any atom is -0.499 e. The highest BCUT2D eigenvalue weighted by Crippen LogP contribution is 2.26. The van der Waals surface area contributed by atoms with E-state index in [0.29, 0.717) is 17.8 Å². The average molecular weight is 1100 g/mol. The smallest absolute Gasteiger partial charge is 0.0900 e. The summed E-state index contributed by atoms with van der Waals surface area (Å²) in [5.41, 5.74) is 8.67. The number of hydrogen-bond acceptors (Lipinski definition) is 4. The highest BCUT2D eigenvalue weighted by Gasteiger charge is 2.14. The van der Waals surface area contributed by atoms with Gasteiger partial charge in [-0.15, -0.1) is 0 Å². The monoisotopic (exact) mass is 1100 g/mol. The molecule has 0 amide bonds. The second-order valence-electron chi connectivity index (χ2n) is 25.9. The number of ether oxygens (including phenoxy) is 1. The molecule has 462 valence electrons. The number of nitrogens with zero attached hydrogens (tertiary/aromatic N) is 3. The zero-order chi connectivity index (χ0) is 58.7. The summed E-state index contributed by atoms with van der Waals surface area (Å²) in [7, 11) is 2.34. The Bertz CT molecular complexity index is 1470. The van der Waals surface area contributed by atoms with Gasteiger partial charge in [-0.05, 0) is 198 Å². The largest absolute Gasteiger partial charge is 0.499 e. The average Bonchev–Trinajstić information content (AvgIpc) is 3.43. The lowest BCUT2D eigenvalue weighted by Gasteiger charge is -2.26. The van der Waals surface area contributed by atoms with Crippen LogP contribution in [0.1, 0.15) is 306 Å². The van der Waals surface area contributed by atoms with Crippen LogP contribution < -0.4 is 0 Å². The molecule has 0 rings (SSSR count). The van der Waals surface area contributed by atoms with Crippen LogP contribution in [0, 0.1) is 23.7 Å². The van der Waals surface area contributed by atoms with Crippen LogP contribution in [0.2, 0.25) is 0 Å². The number of hydrogen-bond donors (Lipinski definition) is 0. The Morgan fingerprint density at radius 2 is 0.633 bits per heavy atom. The van der Waals surface area contributed by atoms with Crippen LogP contribution in [-0.4, -0.2) is 80.7 Å². The first-order valence-corrected chi connectivity index (χ1v) is 34.5. The van der Waals surface area contributed by atoms with Gasteiger partial charge in [0.25, 0.3) is 0 Å². The van der Waals surface area contributed by atoms with Crippen molar-refractivity contribution in [2.24, 2.45) is 23.7 Å². The normalized spacial score (nSPS) is 13.3. The van der Waals surface area contributed by atoms with Gasteiger partial charge in [0.1, 0.15) is 0 Å². The zero-order valence-corrected chi connectivity index (χ0v) is 55.5. The van der Waals surface area contributed by atoms with Crippen LogP contribution in [0.5, 0.6) is 0 Å². The van der Waals surface area contributed by atoms with E-state index in [9.17, 15) is 0 Å². The summed E-state index contributed by atoms with van der Waals surface area (Å²) >= 11 is 0. The quantitative estimate of drug-likeness (QED) is 0.0343. The maximum absolute atomic E-state index is 6.23. The van der Waals surface area contributed by atoms with E-state index in [4.69, 9.17) is 4.74 Å². The standard InChI is InChI=1S/C75H141N3O/c1-17-21-41-65(5)42-33-29-34-45-68(8)53-61-77(60-52-66(6)43-31-25-27-35-49-72(12)69(9)46-22-18-2)58-39-56-76(16)57-40-59-78(62-54-67(7)44-32-26-28-36-50-73(13)70(10)47-23-19-3)63-55-75(15)79-64-38-30-37-51-74(14)71(11)48-24-20-4/h65,69-71H,6-8,12-15,17-64H2,1-5,9-11,16H3. The molecule has 0 aliphatic carbocycles. The van der Waals surface area contributed by atoms with Crippen LogP contribution in [0.4, 0.5) is 0 Å². The fourth-order valence-corrected chi connectivity index (χ4v) is 11.2. The van der Waals surface area contributed by atoms with Crippen LogP contribution in [0.15, 0.2) is 85.3 Å². The first-order chi connectivity index (χ1) is 38.1. The Morgan fingerprint density at radius 1 is 0.316 bits per heavy atom. The number of allylic oxidation sites excluding steroid dienone is 3. The molecule has 0 aliphatic heterocycles. The van der Waals surface area contributed by atoms with E-state index in [1.54, 1.807) is 0 Å². The van der Waals surface area contributed by atoms with Crippen molar-refractivity contribution >= 4 is 0 Å². The van der Waals surface area contributed by atoms with Gasteiger partial charge in [-0.25, -0.2) is 0 Å². The Kier molecular flexibility index (Phi) is 52.4. The third kappa shape index (κ3) is 48.0. The van der Waals surface area contributed by atoms with E-state index in [1.165, 1.54) is 239 Å². The first-order valence-electron chi connectivity index (χ1n) is 34.5. The van der Waals surface area contributed by atoms with Gasteiger partial charge in [0.15, 0.2) is 0 Å². The molecule has 0 aromatic carbocycles. The molecule has 0 aliphatic rings. The van der Waals surface area contributed by atoms with Crippen LogP contribution in [0.25, 0.3) is 0 Å². The third-order valence-electron chi connectivity index (χ3n) is 17.9. The summed E-state index contributed by atoms with van der Waals surface area (Å²) in [4.78, 5) is 8.00. The Balaban J connectivity index is 5.26. The minimum absolute atomic E-state index is 0.648. The van der Waals surface area contributed by atoms with Crippen LogP contribution >= 0.6 is 0 Å². The molecule has 0 fully saturated rings. The predicted octanol–water partition coefficient (Wildman–Crippen LogP) is 23.2. The molecule has 0 radical (unpaired) electrons. The Hall–Kier alpha value is -2.14. The van der Waals surface area contributed by atoms with Crippen molar-refractivity contribution in [1.82, 2.24) is 14.7 Å². The summed E-state index contributed by atoms with van der Waals surface area (Å²) in [6, 6.07) is 0. The summed E-state index contributed by atoms with van der Waals surface area (Å²) < 4.78 is 6.23. The highest BCUT2D eigenvalue weighted by atomic mass is 16.5. The number of unbranched alkanes of at least 4 members (excludes halogenated alkanes) is 14. The van der Waals surface area contributed by atoms with Gasteiger partial charge in [-0.2, -0.15) is 0 Å². The lowest BCUT2D eigenvalue weighted by Crippen LogP contribution is -2.33. The lowest BCUT2D eigenvalue weighted by atomic mass is 9.92. The molecule has 0 bridgehead atoms. The molecule has 0 saturated heterocycles. The Labute approximate surface area is 497 Å². The second kappa shape index (κ2) is 53.8. The van der Waals surface area contributed by atoms with E-state index in [2.05, 4.69) is 123 Å². The molecule has 0 heterocycles. The fraction of sp³-hybridized carbons (Fsp3) is 0.813. The summed E-state index contributed by atoms with van der Waals surface area (Å²) in [6.45, 7) is 59.7. The topological polar surface area (TPSA) is 19.0 Å². The fourth-order valence-electron chi connectivity index (χ4n) is 11.2. The SMILES string of the molecule is C=C(CCCCCCC(=C)C(C)CCCC)CCN(CCCN(C)CCCN(CCC(=C)CCCCCCC(=C)C(C)CCCC)CCC(=C)OCCCCCC(=C)C(C)CCCC)CCC(=C)CCCCCC(C)CCCC. The van der Waals surface area contributed by atoms with E-state index in [0.717, 1.165) is 116 Å². The molecular weight excluding hydrogens is 959 g/mol. The Morgan fingerprint density at radius 3 is 1.01 bits per heavy atom. The van der Waals surface area contributed by atoms with Gasteiger partial charge in [0, 0.05) is 32.6 Å². The van der Waals surface area contributed by atoms with Crippen molar-refractivity contribution in [2.45, 2.75) is 306 Å². The van der Waals surface area contributed by atoms with Gasteiger partial charge in [-0.3, -0.25) is 0 Å². The molecule has 4 unspecified atom stereocenters. The molecular formula is C75H141N3O. The molecule has 0 aromatic rings. The van der Waals surface area contributed by atoms with E-state index < -0.39 is 0 Å². The second-order valence-corrected chi connectivity index (χ2v) is 25.9. The van der Waals surface area contributed by atoms with Crippen molar-refractivity contribution in [3.05, 3.63) is 85.3 Å². The summed E-state index contributed by atoms with van der Waals surface area (Å²) in [6.07, 6.45) is 48.7. The van der Waals surface area contributed by atoms with Gasteiger partial charge >= 0.3 is 0 Å². The predicted molar refractivity (Wildman–Crippen MR) is 360 cm³/mol. The van der Waals surface area contributed by atoms with Gasteiger partial charge in [-0.1, -0.05) is 238 Å².